The summed E-state index contributed by atoms with van der Waals surface area (Å²) < 4.78 is 4.52. The molecule has 0 radical (unpaired) electrons. The molecule has 0 saturated carbocycles. The minimum Gasteiger partial charge on any atom is -0.336 e. The van der Waals surface area contributed by atoms with Gasteiger partial charge < -0.3 is 4.57 Å². The van der Waals surface area contributed by atoms with Crippen LogP contribution in [0.15, 0.2) is 81.1 Å². The Hall–Kier alpha value is -1.04. The molecular formula is C20H20Br2N2S. The Morgan fingerprint density at radius 2 is 1.84 bits per heavy atom. The molecule has 0 bridgehead atoms. The van der Waals surface area contributed by atoms with Gasteiger partial charge in [-0.15, -0.1) is 11.8 Å². The van der Waals surface area contributed by atoms with E-state index in [0.717, 1.165) is 28.3 Å². The first kappa shape index (κ1) is 18.7. The third kappa shape index (κ3) is 5.47. The predicted molar refractivity (Wildman–Crippen MR) is 113 cm³/mol. The number of hydrogen-bond acceptors (Lipinski definition) is 2. The second-order valence-corrected chi connectivity index (χ2v) is 9.74. The van der Waals surface area contributed by atoms with Crippen LogP contribution in [0.1, 0.15) is 18.9 Å². The van der Waals surface area contributed by atoms with Crippen molar-refractivity contribution in [1.29, 1.82) is 0 Å². The molecule has 5 heteroatoms. The first-order valence-electron chi connectivity index (χ1n) is 8.18. The fourth-order valence-corrected chi connectivity index (χ4v) is 4.83. The van der Waals surface area contributed by atoms with E-state index in [-0.39, 0.29) is 4.75 Å². The molecule has 1 heterocycles. The van der Waals surface area contributed by atoms with Crippen molar-refractivity contribution in [3.63, 3.8) is 0 Å². The Labute approximate surface area is 170 Å². The standard InChI is InChI=1S/C20H20Br2N2S/c1-20(14-24-13-12-23-15-24,25-19-5-3-2-4-18(19)22)11-10-16-6-8-17(21)9-7-16/h2-9,12-13,15H,10-11,14H2,1H3. The predicted octanol–water partition coefficient (Wildman–Crippen LogP) is 6.59. The molecule has 130 valence electrons. The summed E-state index contributed by atoms with van der Waals surface area (Å²) >= 11 is 9.13. The fraction of sp³-hybridized carbons (Fsp3) is 0.250. The molecule has 0 amide bonds. The lowest BCUT2D eigenvalue weighted by molar-refractivity contribution is 0.495. The van der Waals surface area contributed by atoms with Gasteiger partial charge in [-0.25, -0.2) is 4.98 Å². The molecule has 2 nitrogen and oxygen atoms in total. The molecular weight excluding hydrogens is 460 g/mol. The van der Waals surface area contributed by atoms with Gasteiger partial charge in [-0.1, -0.05) is 40.2 Å². The van der Waals surface area contributed by atoms with Crippen molar-refractivity contribution in [2.45, 2.75) is 36.0 Å². The number of halogens is 2. The van der Waals surface area contributed by atoms with Crippen molar-refractivity contribution in [2.75, 3.05) is 0 Å². The molecule has 0 fully saturated rings. The second-order valence-electron chi connectivity index (χ2n) is 6.34. The molecule has 0 saturated heterocycles. The van der Waals surface area contributed by atoms with Gasteiger partial charge in [-0.05, 0) is 65.5 Å². The van der Waals surface area contributed by atoms with Crippen molar-refractivity contribution in [2.24, 2.45) is 0 Å². The number of aryl methyl sites for hydroxylation is 1. The maximum atomic E-state index is 4.20. The lowest BCUT2D eigenvalue weighted by atomic mass is 10.00. The van der Waals surface area contributed by atoms with Crippen LogP contribution in [-0.2, 0) is 13.0 Å². The summed E-state index contributed by atoms with van der Waals surface area (Å²) in [4.78, 5) is 5.48. The average Bonchev–Trinajstić information content (AvgIpc) is 3.09. The van der Waals surface area contributed by atoms with E-state index in [0.29, 0.717) is 0 Å². The highest BCUT2D eigenvalue weighted by Gasteiger charge is 2.27. The monoisotopic (exact) mass is 478 g/mol. The number of rotatable bonds is 7. The van der Waals surface area contributed by atoms with Gasteiger partial charge in [0, 0.05) is 37.5 Å². The van der Waals surface area contributed by atoms with Crippen LogP contribution in [-0.4, -0.2) is 14.3 Å². The molecule has 0 aliphatic rings. The number of aromatic nitrogens is 2. The van der Waals surface area contributed by atoms with Gasteiger partial charge in [-0.3, -0.25) is 0 Å². The van der Waals surface area contributed by atoms with Gasteiger partial charge in [0.05, 0.1) is 6.33 Å². The van der Waals surface area contributed by atoms with Crippen LogP contribution in [0, 0.1) is 0 Å². The van der Waals surface area contributed by atoms with Crippen molar-refractivity contribution >= 4 is 43.6 Å². The summed E-state index contributed by atoms with van der Waals surface area (Å²) in [5.74, 6) is 0. The first-order chi connectivity index (χ1) is 12.0. The molecule has 2 aromatic carbocycles. The molecule has 3 rings (SSSR count). The maximum Gasteiger partial charge on any atom is 0.0946 e. The Bertz CT molecular complexity index is 803. The molecule has 1 atom stereocenters. The zero-order valence-electron chi connectivity index (χ0n) is 14.0. The zero-order chi connectivity index (χ0) is 17.7. The van der Waals surface area contributed by atoms with Crippen LogP contribution in [0.5, 0.6) is 0 Å². The third-order valence-electron chi connectivity index (χ3n) is 4.13. The number of nitrogens with zero attached hydrogens (tertiary/aromatic N) is 2. The molecule has 0 aliphatic carbocycles. The summed E-state index contributed by atoms with van der Waals surface area (Å²) in [5.41, 5.74) is 1.37. The SMILES string of the molecule is CC(CCc1ccc(Br)cc1)(Cn1ccnc1)Sc1ccccc1Br. The van der Waals surface area contributed by atoms with Gasteiger partial charge >= 0.3 is 0 Å². The number of imidazole rings is 1. The lowest BCUT2D eigenvalue weighted by Gasteiger charge is -2.30. The molecule has 0 N–H and O–H groups in total. The minimum atomic E-state index is 0.0671. The van der Waals surface area contributed by atoms with E-state index in [1.165, 1.54) is 10.5 Å². The van der Waals surface area contributed by atoms with Crippen LogP contribution in [0.25, 0.3) is 0 Å². The van der Waals surface area contributed by atoms with Gasteiger partial charge in [0.15, 0.2) is 0 Å². The molecule has 0 spiro atoms. The smallest absolute Gasteiger partial charge is 0.0946 e. The van der Waals surface area contributed by atoms with Gasteiger partial charge in [0.1, 0.15) is 0 Å². The highest BCUT2D eigenvalue weighted by Crippen LogP contribution is 2.41. The van der Waals surface area contributed by atoms with Gasteiger partial charge in [-0.2, -0.15) is 0 Å². The number of hydrogen-bond donors (Lipinski definition) is 0. The Balaban J connectivity index is 1.78. The van der Waals surface area contributed by atoms with Crippen LogP contribution < -0.4 is 0 Å². The topological polar surface area (TPSA) is 17.8 Å². The quantitative estimate of drug-likeness (QED) is 0.355. The second kappa shape index (κ2) is 8.56. The van der Waals surface area contributed by atoms with E-state index in [2.05, 4.69) is 96.9 Å². The van der Waals surface area contributed by atoms with Crippen LogP contribution in [0.2, 0.25) is 0 Å². The summed E-state index contributed by atoms with van der Waals surface area (Å²) in [7, 11) is 0. The van der Waals surface area contributed by atoms with Crippen LogP contribution in [0.4, 0.5) is 0 Å². The summed E-state index contributed by atoms with van der Waals surface area (Å²) in [6.45, 7) is 3.27. The highest BCUT2D eigenvalue weighted by molar-refractivity contribution is 9.10. The van der Waals surface area contributed by atoms with Crippen molar-refractivity contribution in [3.8, 4) is 0 Å². The van der Waals surface area contributed by atoms with Gasteiger partial charge in [0.25, 0.3) is 0 Å². The van der Waals surface area contributed by atoms with Crippen LogP contribution >= 0.6 is 43.6 Å². The van der Waals surface area contributed by atoms with Gasteiger partial charge in [0.2, 0.25) is 0 Å². The highest BCUT2D eigenvalue weighted by atomic mass is 79.9. The Morgan fingerprint density at radius 1 is 1.08 bits per heavy atom. The lowest BCUT2D eigenvalue weighted by Crippen LogP contribution is -2.27. The molecule has 3 aromatic rings. The Morgan fingerprint density at radius 3 is 2.52 bits per heavy atom. The fourth-order valence-electron chi connectivity index (χ4n) is 2.78. The van der Waals surface area contributed by atoms with Crippen LogP contribution in [0.3, 0.4) is 0 Å². The van der Waals surface area contributed by atoms with E-state index in [9.17, 15) is 0 Å². The van der Waals surface area contributed by atoms with E-state index in [1.807, 2.05) is 30.5 Å². The maximum absolute atomic E-state index is 4.20. The molecule has 1 unspecified atom stereocenters. The van der Waals surface area contributed by atoms with E-state index in [1.54, 1.807) is 0 Å². The summed E-state index contributed by atoms with van der Waals surface area (Å²) in [6.07, 6.45) is 7.92. The number of thioether (sulfide) groups is 1. The van der Waals surface area contributed by atoms with Crippen molar-refractivity contribution in [1.82, 2.24) is 9.55 Å². The third-order valence-corrected chi connectivity index (χ3v) is 7.01. The van der Waals surface area contributed by atoms with Crippen molar-refractivity contribution in [3.05, 3.63) is 81.8 Å². The summed E-state index contributed by atoms with van der Waals surface area (Å²) in [6, 6.07) is 17.1. The molecule has 25 heavy (non-hydrogen) atoms. The van der Waals surface area contributed by atoms with E-state index < -0.39 is 0 Å². The molecule has 1 aromatic heterocycles. The first-order valence-corrected chi connectivity index (χ1v) is 10.6. The van der Waals surface area contributed by atoms with E-state index in [4.69, 9.17) is 0 Å². The van der Waals surface area contributed by atoms with E-state index >= 15 is 0 Å². The molecule has 0 aliphatic heterocycles. The summed E-state index contributed by atoms with van der Waals surface area (Å²) in [5, 5.41) is 0. The minimum absolute atomic E-state index is 0.0671. The average molecular weight is 480 g/mol. The normalized spacial score (nSPS) is 13.6. The zero-order valence-corrected chi connectivity index (χ0v) is 18.0. The van der Waals surface area contributed by atoms with Crippen molar-refractivity contribution < 1.29 is 0 Å². The largest absolute Gasteiger partial charge is 0.336 e. The Kier molecular flexibility index (Phi) is 6.42. The number of benzene rings is 2.